The molecule has 0 aromatic carbocycles. The topological polar surface area (TPSA) is 74.4 Å². The Hall–Kier alpha value is -2.75. The minimum absolute atomic E-state index is 0.0494. The quantitative estimate of drug-likeness (QED) is 0.657. The number of methoxy groups -OCH3 is 1. The van der Waals surface area contributed by atoms with Crippen molar-refractivity contribution in [1.29, 1.82) is 0 Å². The number of hydrogen-bond donors (Lipinski definition) is 0. The Balaban J connectivity index is 1.60. The molecular formula is C18H18F3N5O2. The zero-order valence-electron chi connectivity index (χ0n) is 15.3. The Morgan fingerprint density at radius 1 is 1.14 bits per heavy atom. The molecule has 0 N–H and O–H groups in total. The van der Waals surface area contributed by atoms with Gasteiger partial charge in [0, 0.05) is 31.1 Å². The normalized spacial score (nSPS) is 17.3. The lowest BCUT2D eigenvalue weighted by molar-refractivity contribution is -0.275. The smallest absolute Gasteiger partial charge is 0.428 e. The van der Waals surface area contributed by atoms with Crippen molar-refractivity contribution >= 4 is 5.65 Å². The van der Waals surface area contributed by atoms with Gasteiger partial charge in [0.1, 0.15) is 6.10 Å². The van der Waals surface area contributed by atoms with E-state index in [1.165, 1.54) is 12.3 Å². The molecule has 0 saturated heterocycles. The van der Waals surface area contributed by atoms with Crippen LogP contribution in [-0.4, -0.2) is 43.5 Å². The van der Waals surface area contributed by atoms with Crippen molar-refractivity contribution in [2.24, 2.45) is 0 Å². The standard InChI is InChI=1S/C18H18F3N5O2/c1-11(27-2)16-25-24-14-9-22-13(10-26(14)16)12-4-5-15(23-8-12)28-17(6-3-7-17)18(19,20)21/h4-5,8-11H,3,6-7H2,1-2H3/t11-/m0/s1. The molecule has 1 fully saturated rings. The second kappa shape index (κ2) is 6.69. The van der Waals surface area contributed by atoms with Gasteiger partial charge in [-0.05, 0) is 32.3 Å². The molecule has 0 amide bonds. The van der Waals surface area contributed by atoms with Crippen LogP contribution < -0.4 is 4.74 Å². The van der Waals surface area contributed by atoms with E-state index in [0.29, 0.717) is 29.1 Å². The van der Waals surface area contributed by atoms with Crippen LogP contribution in [0, 0.1) is 0 Å². The second-order valence-electron chi connectivity index (χ2n) is 6.77. The molecule has 1 aliphatic carbocycles. The first-order chi connectivity index (χ1) is 13.3. The van der Waals surface area contributed by atoms with E-state index >= 15 is 0 Å². The van der Waals surface area contributed by atoms with E-state index in [0.717, 1.165) is 0 Å². The Morgan fingerprint density at radius 2 is 1.93 bits per heavy atom. The highest BCUT2D eigenvalue weighted by atomic mass is 19.4. The summed E-state index contributed by atoms with van der Waals surface area (Å²) in [6.45, 7) is 1.85. The molecule has 3 aromatic rings. The first kappa shape index (κ1) is 18.6. The predicted molar refractivity (Wildman–Crippen MR) is 92.7 cm³/mol. The number of fused-ring (bicyclic) bond motifs is 1. The lowest BCUT2D eigenvalue weighted by Crippen LogP contribution is -2.55. The Bertz CT molecular complexity index is 983. The van der Waals surface area contributed by atoms with Crippen molar-refractivity contribution < 1.29 is 22.6 Å². The summed E-state index contributed by atoms with van der Waals surface area (Å²) in [6, 6.07) is 3.06. The van der Waals surface area contributed by atoms with Crippen molar-refractivity contribution in [1.82, 2.24) is 24.6 Å². The number of rotatable bonds is 5. The molecule has 1 atom stereocenters. The molecular weight excluding hydrogens is 375 g/mol. The fraction of sp³-hybridized carbons (Fsp3) is 0.444. The first-order valence-electron chi connectivity index (χ1n) is 8.79. The summed E-state index contributed by atoms with van der Waals surface area (Å²) in [6.07, 6.45) is 0.449. The van der Waals surface area contributed by atoms with Crippen LogP contribution in [0.25, 0.3) is 16.9 Å². The van der Waals surface area contributed by atoms with Crippen LogP contribution in [0.5, 0.6) is 5.88 Å². The van der Waals surface area contributed by atoms with Gasteiger partial charge in [-0.15, -0.1) is 10.2 Å². The summed E-state index contributed by atoms with van der Waals surface area (Å²) in [5.74, 6) is 0.561. The van der Waals surface area contributed by atoms with Crippen LogP contribution in [0.15, 0.2) is 30.7 Å². The summed E-state index contributed by atoms with van der Waals surface area (Å²) in [7, 11) is 1.58. The summed E-state index contributed by atoms with van der Waals surface area (Å²) >= 11 is 0. The van der Waals surface area contributed by atoms with Gasteiger partial charge in [-0.1, -0.05) is 0 Å². The van der Waals surface area contributed by atoms with Gasteiger partial charge in [0.15, 0.2) is 11.5 Å². The average Bonchev–Trinajstić information content (AvgIpc) is 3.06. The number of pyridine rings is 1. The van der Waals surface area contributed by atoms with Gasteiger partial charge in [0.25, 0.3) is 0 Å². The van der Waals surface area contributed by atoms with E-state index in [9.17, 15) is 13.2 Å². The minimum atomic E-state index is -4.42. The molecule has 10 heteroatoms. The number of halogens is 3. The number of nitrogens with zero attached hydrogens (tertiary/aromatic N) is 5. The second-order valence-corrected chi connectivity index (χ2v) is 6.77. The molecule has 3 aromatic heterocycles. The molecule has 0 spiro atoms. The van der Waals surface area contributed by atoms with Crippen molar-refractivity contribution in [2.45, 2.75) is 44.1 Å². The van der Waals surface area contributed by atoms with E-state index in [-0.39, 0.29) is 24.8 Å². The minimum Gasteiger partial charge on any atom is -0.461 e. The van der Waals surface area contributed by atoms with Crippen LogP contribution in [0.3, 0.4) is 0 Å². The average molecular weight is 393 g/mol. The maximum atomic E-state index is 13.2. The van der Waals surface area contributed by atoms with Crippen LogP contribution in [0.2, 0.25) is 0 Å². The van der Waals surface area contributed by atoms with Gasteiger partial charge in [-0.3, -0.25) is 9.38 Å². The van der Waals surface area contributed by atoms with E-state index in [4.69, 9.17) is 9.47 Å². The van der Waals surface area contributed by atoms with Crippen LogP contribution in [0.4, 0.5) is 13.2 Å². The molecule has 0 unspecified atom stereocenters. The lowest BCUT2D eigenvalue weighted by atomic mass is 9.79. The molecule has 28 heavy (non-hydrogen) atoms. The number of alkyl halides is 3. The molecule has 7 nitrogen and oxygen atoms in total. The number of ether oxygens (including phenoxy) is 2. The molecule has 1 saturated carbocycles. The predicted octanol–water partition coefficient (Wildman–Crippen LogP) is 3.76. The van der Waals surface area contributed by atoms with Gasteiger partial charge < -0.3 is 9.47 Å². The zero-order valence-corrected chi connectivity index (χ0v) is 15.3. The Labute approximate surface area is 158 Å². The molecule has 0 bridgehead atoms. The highest BCUT2D eigenvalue weighted by molar-refractivity contribution is 5.59. The maximum absolute atomic E-state index is 13.2. The Morgan fingerprint density at radius 3 is 2.50 bits per heavy atom. The molecule has 0 aliphatic heterocycles. The van der Waals surface area contributed by atoms with Crippen LogP contribution in [0.1, 0.15) is 38.1 Å². The molecule has 3 heterocycles. The van der Waals surface area contributed by atoms with E-state index in [2.05, 4.69) is 20.2 Å². The van der Waals surface area contributed by atoms with Crippen molar-refractivity contribution in [2.75, 3.05) is 7.11 Å². The summed E-state index contributed by atoms with van der Waals surface area (Å²) < 4.78 is 52.0. The fourth-order valence-corrected chi connectivity index (χ4v) is 3.08. The highest BCUT2D eigenvalue weighted by Gasteiger charge is 2.61. The summed E-state index contributed by atoms with van der Waals surface area (Å²) in [4.78, 5) is 8.37. The molecule has 4 rings (SSSR count). The highest BCUT2D eigenvalue weighted by Crippen LogP contribution is 2.48. The van der Waals surface area contributed by atoms with E-state index in [1.807, 2.05) is 6.92 Å². The first-order valence-corrected chi connectivity index (χ1v) is 8.79. The van der Waals surface area contributed by atoms with E-state index in [1.54, 1.807) is 30.0 Å². The number of aromatic nitrogens is 5. The summed E-state index contributed by atoms with van der Waals surface area (Å²) in [5, 5.41) is 8.14. The zero-order chi connectivity index (χ0) is 19.9. The molecule has 0 radical (unpaired) electrons. The lowest BCUT2D eigenvalue weighted by Gasteiger charge is -2.42. The maximum Gasteiger partial charge on any atom is 0.428 e. The van der Waals surface area contributed by atoms with Gasteiger partial charge in [0.2, 0.25) is 11.5 Å². The molecule has 148 valence electrons. The van der Waals surface area contributed by atoms with Gasteiger partial charge in [0.05, 0.1) is 11.9 Å². The molecule has 1 aliphatic rings. The largest absolute Gasteiger partial charge is 0.461 e. The third-order valence-electron chi connectivity index (χ3n) is 5.05. The van der Waals surface area contributed by atoms with Gasteiger partial charge in [-0.25, -0.2) is 4.98 Å². The summed E-state index contributed by atoms with van der Waals surface area (Å²) in [5.41, 5.74) is -0.349. The van der Waals surface area contributed by atoms with Crippen LogP contribution >= 0.6 is 0 Å². The van der Waals surface area contributed by atoms with Gasteiger partial charge in [-0.2, -0.15) is 13.2 Å². The fourth-order valence-electron chi connectivity index (χ4n) is 3.08. The Kier molecular flexibility index (Phi) is 4.45. The van der Waals surface area contributed by atoms with Crippen molar-refractivity contribution in [3.05, 3.63) is 36.5 Å². The monoisotopic (exact) mass is 393 g/mol. The third kappa shape index (κ3) is 3.07. The third-order valence-corrected chi connectivity index (χ3v) is 5.05. The van der Waals surface area contributed by atoms with Crippen LogP contribution in [-0.2, 0) is 4.74 Å². The number of hydrogen-bond acceptors (Lipinski definition) is 6. The van der Waals surface area contributed by atoms with Gasteiger partial charge >= 0.3 is 6.18 Å². The van der Waals surface area contributed by atoms with Crippen molar-refractivity contribution in [3.63, 3.8) is 0 Å². The SMILES string of the molecule is CO[C@@H](C)c1nnc2cnc(-c3ccc(OC4(C(F)(F)F)CCC4)nc3)cn12. The van der Waals surface area contributed by atoms with E-state index < -0.39 is 11.8 Å². The van der Waals surface area contributed by atoms with Crippen molar-refractivity contribution in [3.8, 4) is 17.1 Å².